The van der Waals surface area contributed by atoms with Crippen LogP contribution in [0.15, 0.2) is 48.5 Å². The molecular weight excluding hydrogens is 272 g/mol. The van der Waals surface area contributed by atoms with Crippen molar-refractivity contribution in [1.82, 2.24) is 0 Å². The van der Waals surface area contributed by atoms with Crippen molar-refractivity contribution < 1.29 is 0 Å². The zero-order valence-corrected chi connectivity index (χ0v) is 14.6. The minimum absolute atomic E-state index is 0.467. The molecule has 0 aliphatic rings. The van der Waals surface area contributed by atoms with Crippen LogP contribution in [0, 0.1) is 11.8 Å². The van der Waals surface area contributed by atoms with Gasteiger partial charge in [0.25, 0.3) is 0 Å². The number of benzene rings is 2. The van der Waals surface area contributed by atoms with Crippen LogP contribution in [0.25, 0.3) is 0 Å². The van der Waals surface area contributed by atoms with Gasteiger partial charge in [0, 0.05) is 11.1 Å². The first-order chi connectivity index (χ1) is 9.59. The molecule has 0 fully saturated rings. The molecule has 0 unspecified atom stereocenters. The van der Waals surface area contributed by atoms with Crippen LogP contribution in [0.4, 0.5) is 0 Å². The van der Waals surface area contributed by atoms with Crippen LogP contribution in [0.1, 0.15) is 11.1 Å². The Hall–Kier alpha value is -1.57. The Labute approximate surface area is 126 Å². The molecule has 0 saturated carbocycles. The molecule has 0 heterocycles. The predicted molar refractivity (Wildman–Crippen MR) is 93.1 cm³/mol. The van der Waals surface area contributed by atoms with E-state index >= 15 is 0 Å². The molecule has 0 bridgehead atoms. The van der Waals surface area contributed by atoms with E-state index in [0.717, 1.165) is 0 Å². The molecule has 20 heavy (non-hydrogen) atoms. The summed E-state index contributed by atoms with van der Waals surface area (Å²) in [6.07, 6.45) is 0. The van der Waals surface area contributed by atoms with Crippen molar-refractivity contribution in [2.45, 2.75) is 26.2 Å². The number of hydrogen-bond donors (Lipinski definition) is 0. The van der Waals surface area contributed by atoms with Crippen LogP contribution in [0.2, 0.25) is 26.2 Å². The van der Waals surface area contributed by atoms with E-state index in [9.17, 15) is 0 Å². The Bertz CT molecular complexity index is 590. The highest BCUT2D eigenvalue weighted by Crippen LogP contribution is 2.00. The average molecular weight is 293 g/mol. The summed E-state index contributed by atoms with van der Waals surface area (Å²) in [6, 6.07) is 17.1. The van der Waals surface area contributed by atoms with Gasteiger partial charge in [0.15, 0.2) is 0 Å². The summed E-state index contributed by atoms with van der Waals surface area (Å²) in [5.74, 6) is 6.80. The highest BCUT2D eigenvalue weighted by molar-refractivity contribution is 6.71. The lowest BCUT2D eigenvalue weighted by atomic mass is 10.2. The fourth-order valence-electron chi connectivity index (χ4n) is 2.19. The lowest BCUT2D eigenvalue weighted by Crippen LogP contribution is -2.26. The molecule has 0 spiro atoms. The summed E-state index contributed by atoms with van der Waals surface area (Å²) in [5, 5.41) is 2.86. The van der Waals surface area contributed by atoms with Crippen molar-refractivity contribution in [1.29, 1.82) is 0 Å². The molecule has 0 nitrogen and oxygen atoms in total. The number of hydrogen-bond acceptors (Lipinski definition) is 0. The summed E-state index contributed by atoms with van der Waals surface area (Å²) in [6.45, 7) is 9.27. The van der Waals surface area contributed by atoms with Gasteiger partial charge in [0.2, 0.25) is 0 Å². The molecule has 0 aliphatic carbocycles. The van der Waals surface area contributed by atoms with Gasteiger partial charge in [-0.1, -0.05) is 74.4 Å². The fourth-order valence-corrected chi connectivity index (χ4v) is 4.42. The van der Waals surface area contributed by atoms with Crippen LogP contribution in [-0.4, -0.2) is 17.6 Å². The third-order valence-electron chi connectivity index (χ3n) is 3.26. The van der Waals surface area contributed by atoms with Gasteiger partial charge in [-0.2, -0.15) is 0 Å². The first-order valence-electron chi connectivity index (χ1n) is 6.90. The molecule has 2 radical (unpaired) electrons. The van der Waals surface area contributed by atoms with Crippen LogP contribution in [0.3, 0.4) is 0 Å². The largest absolute Gasteiger partial charge is 0.0808 e. The lowest BCUT2D eigenvalue weighted by Gasteiger charge is -2.07. The van der Waals surface area contributed by atoms with Crippen molar-refractivity contribution in [3.05, 3.63) is 59.7 Å². The highest BCUT2D eigenvalue weighted by atomic mass is 28.3. The SMILES string of the molecule is C[Si](C)c1ccccc1C#Cc1ccccc1[Si](C)C. The van der Waals surface area contributed by atoms with E-state index in [1.807, 2.05) is 0 Å². The van der Waals surface area contributed by atoms with E-state index < -0.39 is 17.6 Å². The van der Waals surface area contributed by atoms with Gasteiger partial charge in [-0.3, -0.25) is 0 Å². The van der Waals surface area contributed by atoms with Crippen LogP contribution >= 0.6 is 0 Å². The van der Waals surface area contributed by atoms with Crippen molar-refractivity contribution in [3.8, 4) is 11.8 Å². The van der Waals surface area contributed by atoms with Gasteiger partial charge in [-0.05, 0) is 22.5 Å². The Morgan fingerprint density at radius 1 is 0.600 bits per heavy atom. The quantitative estimate of drug-likeness (QED) is 0.590. The second kappa shape index (κ2) is 6.74. The summed E-state index contributed by atoms with van der Waals surface area (Å²) in [7, 11) is -0.935. The topological polar surface area (TPSA) is 0 Å². The van der Waals surface area contributed by atoms with Gasteiger partial charge < -0.3 is 0 Å². The first-order valence-corrected chi connectivity index (χ1v) is 11.9. The highest BCUT2D eigenvalue weighted by Gasteiger charge is 2.06. The molecule has 2 aromatic carbocycles. The van der Waals surface area contributed by atoms with Crippen molar-refractivity contribution in [2.24, 2.45) is 0 Å². The minimum atomic E-state index is -0.467. The molecule has 100 valence electrons. The van der Waals surface area contributed by atoms with E-state index in [2.05, 4.69) is 86.6 Å². The Balaban J connectivity index is 2.42. The predicted octanol–water partition coefficient (Wildman–Crippen LogP) is 3.01. The maximum Gasteiger partial charge on any atom is 0.0808 e. The van der Waals surface area contributed by atoms with E-state index in [0.29, 0.717) is 0 Å². The fraction of sp³-hybridized carbons (Fsp3) is 0.222. The van der Waals surface area contributed by atoms with Gasteiger partial charge in [0.1, 0.15) is 0 Å². The zero-order chi connectivity index (χ0) is 14.5. The normalized spacial score (nSPS) is 10.5. The maximum absolute atomic E-state index is 3.40. The molecular formula is C18H20Si2. The van der Waals surface area contributed by atoms with Crippen molar-refractivity contribution in [2.75, 3.05) is 0 Å². The number of rotatable bonds is 2. The Morgan fingerprint density at radius 2 is 0.950 bits per heavy atom. The molecule has 0 aliphatic heterocycles. The third-order valence-corrected chi connectivity index (χ3v) is 6.29. The summed E-state index contributed by atoms with van der Waals surface area (Å²) in [4.78, 5) is 0. The molecule has 0 aromatic heterocycles. The van der Waals surface area contributed by atoms with E-state index in [-0.39, 0.29) is 0 Å². The van der Waals surface area contributed by atoms with E-state index in [1.165, 1.54) is 21.5 Å². The zero-order valence-electron chi connectivity index (χ0n) is 12.6. The first kappa shape index (κ1) is 14.8. The summed E-state index contributed by atoms with van der Waals surface area (Å²) >= 11 is 0. The summed E-state index contributed by atoms with van der Waals surface area (Å²) < 4.78 is 0. The molecule has 0 atom stereocenters. The molecule has 2 heteroatoms. The van der Waals surface area contributed by atoms with Gasteiger partial charge in [-0.25, -0.2) is 0 Å². The van der Waals surface area contributed by atoms with E-state index in [4.69, 9.17) is 0 Å². The maximum atomic E-state index is 3.40. The molecule has 0 saturated heterocycles. The van der Waals surface area contributed by atoms with Crippen LogP contribution < -0.4 is 10.4 Å². The van der Waals surface area contributed by atoms with E-state index in [1.54, 1.807) is 0 Å². The lowest BCUT2D eigenvalue weighted by molar-refractivity contribution is 1.66. The molecule has 2 rings (SSSR count). The van der Waals surface area contributed by atoms with Crippen LogP contribution in [0.5, 0.6) is 0 Å². The standard InChI is InChI=1S/C18H20Si2/c1-19(2)17-11-7-5-9-15(17)13-14-16-10-6-8-12-18(16)20(3)4/h5-12H,1-4H3. The second-order valence-electron chi connectivity index (χ2n) is 5.34. The third kappa shape index (κ3) is 3.50. The Morgan fingerprint density at radius 3 is 1.30 bits per heavy atom. The Kier molecular flexibility index (Phi) is 5.00. The van der Waals surface area contributed by atoms with Gasteiger partial charge in [0.05, 0.1) is 17.6 Å². The summed E-state index contributed by atoms with van der Waals surface area (Å²) in [5.41, 5.74) is 2.39. The van der Waals surface area contributed by atoms with Gasteiger partial charge in [-0.15, -0.1) is 0 Å². The molecule has 0 amide bonds. The van der Waals surface area contributed by atoms with Crippen molar-refractivity contribution in [3.63, 3.8) is 0 Å². The van der Waals surface area contributed by atoms with Crippen molar-refractivity contribution >= 4 is 28.0 Å². The van der Waals surface area contributed by atoms with Crippen LogP contribution in [-0.2, 0) is 0 Å². The minimum Gasteiger partial charge on any atom is -0.0670 e. The second-order valence-corrected chi connectivity index (χ2v) is 10.4. The van der Waals surface area contributed by atoms with Gasteiger partial charge >= 0.3 is 0 Å². The monoisotopic (exact) mass is 292 g/mol. The molecule has 0 N–H and O–H groups in total. The smallest absolute Gasteiger partial charge is 0.0670 e. The molecule has 2 aromatic rings. The average Bonchev–Trinajstić information content (AvgIpc) is 2.45.